The first-order valence-corrected chi connectivity index (χ1v) is 7.64. The number of halogens is 2. The summed E-state index contributed by atoms with van der Waals surface area (Å²) < 4.78 is 1.05. The van der Waals surface area contributed by atoms with Crippen LogP contribution in [0.1, 0.15) is 12.8 Å². The minimum atomic E-state index is 0. The number of rotatable bonds is 6. The number of hydrogen-bond acceptors (Lipinski definition) is 3. The van der Waals surface area contributed by atoms with Crippen LogP contribution in [0.5, 0.6) is 0 Å². The molecular formula is C14H21ClIN3O. The number of carbonyl (C=O) groups is 1. The molecule has 0 aliphatic heterocycles. The molecule has 1 aliphatic rings. The van der Waals surface area contributed by atoms with Gasteiger partial charge in [0.25, 0.3) is 0 Å². The largest absolute Gasteiger partial charge is 0.329 e. The van der Waals surface area contributed by atoms with E-state index in [0.717, 1.165) is 9.26 Å². The zero-order valence-electron chi connectivity index (χ0n) is 11.5. The van der Waals surface area contributed by atoms with Crippen molar-refractivity contribution in [2.24, 2.45) is 11.7 Å². The van der Waals surface area contributed by atoms with Crippen molar-refractivity contribution in [2.75, 3.05) is 25.5 Å². The lowest BCUT2D eigenvalue weighted by molar-refractivity contribution is -0.117. The van der Waals surface area contributed by atoms with Gasteiger partial charge in [-0.1, -0.05) is 12.1 Å². The Morgan fingerprint density at radius 1 is 1.50 bits per heavy atom. The lowest BCUT2D eigenvalue weighted by Gasteiger charge is -2.26. The number of benzene rings is 1. The van der Waals surface area contributed by atoms with Gasteiger partial charge in [0.15, 0.2) is 0 Å². The SMILES string of the molecule is CN(CC(=O)Nc1ccccc1I)C(CN)C1CC1.Cl. The molecule has 6 heteroatoms. The minimum absolute atomic E-state index is 0. The molecule has 1 aliphatic carbocycles. The Kier molecular flexibility index (Phi) is 7.22. The first-order valence-electron chi connectivity index (χ1n) is 6.56. The molecule has 1 atom stereocenters. The van der Waals surface area contributed by atoms with Crippen LogP contribution in [0.25, 0.3) is 0 Å². The molecule has 112 valence electrons. The Balaban J connectivity index is 0.00000200. The van der Waals surface area contributed by atoms with Crippen molar-refractivity contribution in [2.45, 2.75) is 18.9 Å². The van der Waals surface area contributed by atoms with E-state index in [0.29, 0.717) is 25.0 Å². The van der Waals surface area contributed by atoms with Crippen molar-refractivity contribution < 1.29 is 4.79 Å². The maximum absolute atomic E-state index is 12.0. The van der Waals surface area contributed by atoms with Gasteiger partial charge in [0.1, 0.15) is 0 Å². The van der Waals surface area contributed by atoms with Crippen LogP contribution in [0.4, 0.5) is 5.69 Å². The van der Waals surface area contributed by atoms with Gasteiger partial charge in [0.2, 0.25) is 5.91 Å². The maximum Gasteiger partial charge on any atom is 0.238 e. The molecule has 0 spiro atoms. The summed E-state index contributed by atoms with van der Waals surface area (Å²) in [5.74, 6) is 0.699. The Hall–Kier alpha value is -0.370. The molecule has 1 aromatic rings. The van der Waals surface area contributed by atoms with Gasteiger partial charge in [-0.05, 0) is 60.5 Å². The van der Waals surface area contributed by atoms with Crippen molar-refractivity contribution in [3.05, 3.63) is 27.8 Å². The minimum Gasteiger partial charge on any atom is -0.329 e. The monoisotopic (exact) mass is 409 g/mol. The molecule has 1 fully saturated rings. The number of anilines is 1. The molecule has 0 radical (unpaired) electrons. The van der Waals surface area contributed by atoms with Gasteiger partial charge in [-0.25, -0.2) is 0 Å². The van der Waals surface area contributed by atoms with Gasteiger partial charge in [0, 0.05) is 16.2 Å². The third-order valence-electron chi connectivity index (χ3n) is 3.51. The molecule has 2 rings (SSSR count). The topological polar surface area (TPSA) is 58.4 Å². The van der Waals surface area contributed by atoms with Crippen molar-refractivity contribution >= 4 is 46.6 Å². The lowest BCUT2D eigenvalue weighted by Crippen LogP contribution is -2.43. The zero-order valence-corrected chi connectivity index (χ0v) is 14.5. The molecule has 4 nitrogen and oxygen atoms in total. The van der Waals surface area contributed by atoms with Crippen molar-refractivity contribution in [1.82, 2.24) is 4.90 Å². The highest BCUT2D eigenvalue weighted by Crippen LogP contribution is 2.34. The van der Waals surface area contributed by atoms with E-state index in [1.54, 1.807) is 0 Å². The fourth-order valence-electron chi connectivity index (χ4n) is 2.31. The van der Waals surface area contributed by atoms with E-state index in [4.69, 9.17) is 5.73 Å². The number of amides is 1. The van der Waals surface area contributed by atoms with Crippen molar-refractivity contribution in [3.8, 4) is 0 Å². The fraction of sp³-hybridized carbons (Fsp3) is 0.500. The van der Waals surface area contributed by atoms with Gasteiger partial charge in [-0.3, -0.25) is 9.69 Å². The third-order valence-corrected chi connectivity index (χ3v) is 4.46. The Morgan fingerprint density at radius 3 is 2.70 bits per heavy atom. The normalized spacial score (nSPS) is 15.6. The molecule has 1 aromatic carbocycles. The van der Waals surface area contributed by atoms with Crippen LogP contribution in [0.15, 0.2) is 24.3 Å². The van der Waals surface area contributed by atoms with E-state index in [9.17, 15) is 4.79 Å². The summed E-state index contributed by atoms with van der Waals surface area (Å²) in [5.41, 5.74) is 6.66. The van der Waals surface area contributed by atoms with Crippen LogP contribution in [0, 0.1) is 9.49 Å². The molecule has 0 heterocycles. The highest BCUT2D eigenvalue weighted by atomic mass is 127. The summed E-state index contributed by atoms with van der Waals surface area (Å²) >= 11 is 2.22. The van der Waals surface area contributed by atoms with E-state index in [1.807, 2.05) is 31.3 Å². The molecule has 1 amide bonds. The van der Waals surface area contributed by atoms with Gasteiger partial charge in [-0.2, -0.15) is 0 Å². The molecule has 0 aromatic heterocycles. The van der Waals surface area contributed by atoms with Crippen LogP contribution in [-0.4, -0.2) is 37.0 Å². The Labute approximate surface area is 140 Å². The second-order valence-corrected chi connectivity index (χ2v) is 6.25. The second-order valence-electron chi connectivity index (χ2n) is 5.08. The predicted molar refractivity (Wildman–Crippen MR) is 93.2 cm³/mol. The summed E-state index contributed by atoms with van der Waals surface area (Å²) in [6.07, 6.45) is 2.48. The average Bonchev–Trinajstić information content (AvgIpc) is 3.17. The van der Waals surface area contributed by atoms with E-state index < -0.39 is 0 Å². The first kappa shape index (κ1) is 17.7. The number of likely N-dealkylation sites (N-methyl/N-ethyl adjacent to an activating group) is 1. The van der Waals surface area contributed by atoms with E-state index in [2.05, 4.69) is 32.8 Å². The van der Waals surface area contributed by atoms with E-state index >= 15 is 0 Å². The van der Waals surface area contributed by atoms with Gasteiger partial charge in [0.05, 0.1) is 12.2 Å². The first-order chi connectivity index (χ1) is 9.11. The standard InChI is InChI=1S/C14H20IN3O.ClH/c1-18(13(8-16)10-6-7-10)9-14(19)17-12-5-3-2-4-11(12)15;/h2-5,10,13H,6-9,16H2,1H3,(H,17,19);1H. The quantitative estimate of drug-likeness (QED) is 0.709. The molecule has 0 bridgehead atoms. The van der Waals surface area contributed by atoms with Crippen LogP contribution >= 0.6 is 35.0 Å². The van der Waals surface area contributed by atoms with Gasteiger partial charge in [-0.15, -0.1) is 12.4 Å². The summed E-state index contributed by atoms with van der Waals surface area (Å²) in [6.45, 7) is 1.01. The zero-order chi connectivity index (χ0) is 13.8. The Bertz CT molecular complexity index is 454. The lowest BCUT2D eigenvalue weighted by atomic mass is 10.1. The van der Waals surface area contributed by atoms with Crippen LogP contribution in [0.2, 0.25) is 0 Å². The van der Waals surface area contributed by atoms with Crippen LogP contribution < -0.4 is 11.1 Å². The number of nitrogens with one attached hydrogen (secondary N) is 1. The molecule has 1 saturated carbocycles. The molecule has 0 saturated heterocycles. The highest BCUT2D eigenvalue weighted by molar-refractivity contribution is 14.1. The maximum atomic E-state index is 12.0. The van der Waals surface area contributed by atoms with E-state index in [1.165, 1.54) is 12.8 Å². The van der Waals surface area contributed by atoms with Gasteiger partial charge < -0.3 is 11.1 Å². The average molecular weight is 410 g/mol. The molecule has 20 heavy (non-hydrogen) atoms. The number of nitrogens with zero attached hydrogens (tertiary/aromatic N) is 1. The number of para-hydroxylation sites is 1. The number of carbonyl (C=O) groups excluding carboxylic acids is 1. The van der Waals surface area contributed by atoms with Crippen LogP contribution in [-0.2, 0) is 4.79 Å². The molecule has 3 N–H and O–H groups in total. The highest BCUT2D eigenvalue weighted by Gasteiger charge is 2.33. The smallest absolute Gasteiger partial charge is 0.238 e. The molecule has 1 unspecified atom stereocenters. The van der Waals surface area contributed by atoms with Gasteiger partial charge >= 0.3 is 0 Å². The summed E-state index contributed by atoms with van der Waals surface area (Å²) in [6, 6.07) is 8.11. The van der Waals surface area contributed by atoms with Crippen molar-refractivity contribution in [1.29, 1.82) is 0 Å². The number of nitrogens with two attached hydrogens (primary N) is 1. The fourth-order valence-corrected chi connectivity index (χ4v) is 2.83. The predicted octanol–water partition coefficient (Wildman–Crippen LogP) is 2.32. The summed E-state index contributed by atoms with van der Waals surface area (Å²) in [4.78, 5) is 14.1. The van der Waals surface area contributed by atoms with E-state index in [-0.39, 0.29) is 18.3 Å². The van der Waals surface area contributed by atoms with Crippen molar-refractivity contribution in [3.63, 3.8) is 0 Å². The Morgan fingerprint density at radius 2 is 2.15 bits per heavy atom. The summed E-state index contributed by atoms with van der Waals surface area (Å²) in [5, 5.41) is 2.95. The third kappa shape index (κ3) is 4.87. The number of hydrogen-bond donors (Lipinski definition) is 2. The second kappa shape index (κ2) is 8.17. The van der Waals surface area contributed by atoms with Crippen LogP contribution in [0.3, 0.4) is 0 Å². The summed E-state index contributed by atoms with van der Waals surface area (Å²) in [7, 11) is 1.98. The molecular weight excluding hydrogens is 389 g/mol.